The van der Waals surface area contributed by atoms with Crippen molar-refractivity contribution in [3.05, 3.63) is 0 Å². The number of hydrogen-bond acceptors (Lipinski definition) is 4. The predicted molar refractivity (Wildman–Crippen MR) is 82.2 cm³/mol. The number of sulfonamides is 1. The van der Waals surface area contributed by atoms with Gasteiger partial charge in [-0.15, -0.1) is 0 Å². The van der Waals surface area contributed by atoms with Crippen LogP contribution in [0.15, 0.2) is 0 Å². The molecule has 7 heteroatoms. The van der Waals surface area contributed by atoms with Crippen molar-refractivity contribution in [1.29, 1.82) is 0 Å². The molecule has 6 nitrogen and oxygen atoms in total. The molecule has 0 atom stereocenters. The highest BCUT2D eigenvalue weighted by atomic mass is 32.2. The molecule has 122 valence electrons. The van der Waals surface area contributed by atoms with Crippen LogP contribution in [0.1, 0.15) is 39.0 Å². The van der Waals surface area contributed by atoms with E-state index in [-0.39, 0.29) is 17.1 Å². The Morgan fingerprint density at radius 1 is 1.14 bits per heavy atom. The monoisotopic (exact) mass is 317 g/mol. The van der Waals surface area contributed by atoms with E-state index in [1.54, 1.807) is 0 Å². The summed E-state index contributed by atoms with van der Waals surface area (Å²) in [4.78, 5) is 14.5. The molecule has 0 radical (unpaired) electrons. The van der Waals surface area contributed by atoms with Crippen molar-refractivity contribution in [3.8, 4) is 0 Å². The second-order valence-corrected chi connectivity index (χ2v) is 8.29. The molecule has 2 N–H and O–H groups in total. The normalized spacial score (nSPS) is 23.4. The summed E-state index contributed by atoms with van der Waals surface area (Å²) in [6.07, 6.45) is 4.49. The lowest BCUT2D eigenvalue weighted by Crippen LogP contribution is -2.55. The lowest BCUT2D eigenvalue weighted by atomic mass is 9.84. The molecule has 1 amide bonds. The lowest BCUT2D eigenvalue weighted by molar-refractivity contribution is -0.142. The maximum Gasteiger partial charge on any atom is 0.230 e. The van der Waals surface area contributed by atoms with Gasteiger partial charge in [0.05, 0.1) is 11.2 Å². The third-order valence-electron chi connectivity index (χ3n) is 4.79. The molecular formula is C14H27N3O3S. The van der Waals surface area contributed by atoms with Gasteiger partial charge < -0.3 is 10.6 Å². The number of nitrogens with two attached hydrogens (primary N) is 1. The van der Waals surface area contributed by atoms with Crippen molar-refractivity contribution in [2.75, 3.05) is 38.5 Å². The molecule has 0 unspecified atom stereocenters. The molecule has 21 heavy (non-hydrogen) atoms. The number of carbonyl (C=O) groups excluding carboxylic acids is 1. The highest BCUT2D eigenvalue weighted by molar-refractivity contribution is 7.89. The van der Waals surface area contributed by atoms with Gasteiger partial charge in [0, 0.05) is 32.7 Å². The molecule has 0 bridgehead atoms. The number of rotatable bonds is 5. The zero-order chi connectivity index (χ0) is 15.5. The van der Waals surface area contributed by atoms with Crippen LogP contribution in [0.2, 0.25) is 0 Å². The Bertz CT molecular complexity index is 464. The van der Waals surface area contributed by atoms with Gasteiger partial charge in [0.15, 0.2) is 0 Å². The van der Waals surface area contributed by atoms with E-state index in [4.69, 9.17) is 5.73 Å². The van der Waals surface area contributed by atoms with Gasteiger partial charge >= 0.3 is 0 Å². The summed E-state index contributed by atoms with van der Waals surface area (Å²) in [6, 6.07) is 0. The molecule has 1 heterocycles. The average Bonchev–Trinajstić information content (AvgIpc) is 2.97. The fraction of sp³-hybridized carbons (Fsp3) is 0.929. The van der Waals surface area contributed by atoms with E-state index in [1.807, 2.05) is 11.8 Å². The number of nitrogens with zero attached hydrogens (tertiary/aromatic N) is 2. The van der Waals surface area contributed by atoms with Crippen LogP contribution in [0, 0.1) is 5.41 Å². The first-order valence-electron chi connectivity index (χ1n) is 7.92. The van der Waals surface area contributed by atoms with Crippen LogP contribution in [0.4, 0.5) is 0 Å². The van der Waals surface area contributed by atoms with Crippen LogP contribution >= 0.6 is 0 Å². The van der Waals surface area contributed by atoms with E-state index >= 15 is 0 Å². The maximum atomic E-state index is 12.7. The third-order valence-corrected chi connectivity index (χ3v) is 6.86. The largest absolute Gasteiger partial charge is 0.340 e. The van der Waals surface area contributed by atoms with E-state index in [0.29, 0.717) is 39.1 Å². The number of carbonyl (C=O) groups is 1. The summed E-state index contributed by atoms with van der Waals surface area (Å²) in [5, 5.41) is 0. The van der Waals surface area contributed by atoms with E-state index in [0.717, 1.165) is 25.7 Å². The standard InChI is InChI=1S/C14H27N3O3S/c1-2-11-21(19,20)17-9-7-16(8-10-17)13(18)14(12-15)5-3-4-6-14/h2-12,15H2,1H3. The van der Waals surface area contributed by atoms with Gasteiger partial charge in [-0.05, 0) is 19.3 Å². The Balaban J connectivity index is 1.96. The minimum Gasteiger partial charge on any atom is -0.340 e. The topological polar surface area (TPSA) is 83.7 Å². The van der Waals surface area contributed by atoms with E-state index in [9.17, 15) is 13.2 Å². The van der Waals surface area contributed by atoms with Crippen LogP contribution in [-0.4, -0.2) is 62.0 Å². The summed E-state index contributed by atoms with van der Waals surface area (Å²) >= 11 is 0. The zero-order valence-corrected chi connectivity index (χ0v) is 13.7. The zero-order valence-electron chi connectivity index (χ0n) is 12.9. The third kappa shape index (κ3) is 3.40. The van der Waals surface area contributed by atoms with Crippen molar-refractivity contribution in [1.82, 2.24) is 9.21 Å². The van der Waals surface area contributed by atoms with Crippen LogP contribution in [0.5, 0.6) is 0 Å². The molecule has 1 saturated heterocycles. The molecule has 0 aromatic heterocycles. The fourth-order valence-electron chi connectivity index (χ4n) is 3.45. The first-order valence-corrected chi connectivity index (χ1v) is 9.53. The fourth-order valence-corrected chi connectivity index (χ4v) is 4.94. The summed E-state index contributed by atoms with van der Waals surface area (Å²) in [6.45, 7) is 4.07. The number of amides is 1. The second-order valence-electron chi connectivity index (χ2n) is 6.20. The van der Waals surface area contributed by atoms with Gasteiger partial charge in [0.1, 0.15) is 0 Å². The smallest absolute Gasteiger partial charge is 0.230 e. The molecule has 1 aliphatic heterocycles. The molecule has 1 aliphatic carbocycles. The first-order chi connectivity index (χ1) is 9.95. The lowest BCUT2D eigenvalue weighted by Gasteiger charge is -2.39. The Labute approximate surface area is 127 Å². The first kappa shape index (κ1) is 16.7. The molecule has 0 aromatic rings. The van der Waals surface area contributed by atoms with Crippen LogP contribution in [0.3, 0.4) is 0 Å². The molecule has 2 fully saturated rings. The Kier molecular flexibility index (Phi) is 5.27. The van der Waals surface area contributed by atoms with E-state index in [1.165, 1.54) is 4.31 Å². The molecule has 2 rings (SSSR count). The summed E-state index contributed by atoms with van der Waals surface area (Å²) in [5.41, 5.74) is 5.47. The minimum absolute atomic E-state index is 0.134. The van der Waals surface area contributed by atoms with E-state index in [2.05, 4.69) is 0 Å². The van der Waals surface area contributed by atoms with Crippen LogP contribution in [-0.2, 0) is 14.8 Å². The minimum atomic E-state index is -3.15. The van der Waals surface area contributed by atoms with Gasteiger partial charge in [0.25, 0.3) is 0 Å². The summed E-state index contributed by atoms with van der Waals surface area (Å²) in [7, 11) is -3.15. The van der Waals surface area contributed by atoms with Gasteiger partial charge in [-0.1, -0.05) is 19.8 Å². The average molecular weight is 317 g/mol. The van der Waals surface area contributed by atoms with Crippen molar-refractivity contribution in [2.45, 2.75) is 39.0 Å². The second kappa shape index (κ2) is 6.62. The Hall–Kier alpha value is -0.660. The SMILES string of the molecule is CCCS(=O)(=O)N1CCN(C(=O)C2(CN)CCCC2)CC1. The van der Waals surface area contributed by atoms with E-state index < -0.39 is 10.0 Å². The molecule has 0 aromatic carbocycles. The molecule has 0 spiro atoms. The molecule has 2 aliphatic rings. The van der Waals surface area contributed by atoms with Gasteiger partial charge in [-0.3, -0.25) is 4.79 Å². The van der Waals surface area contributed by atoms with Gasteiger partial charge in [0.2, 0.25) is 15.9 Å². The Morgan fingerprint density at radius 3 is 2.19 bits per heavy atom. The van der Waals surface area contributed by atoms with Crippen molar-refractivity contribution in [2.24, 2.45) is 11.1 Å². The predicted octanol–water partition coefficient (Wildman–Crippen LogP) is 0.390. The van der Waals surface area contributed by atoms with Gasteiger partial charge in [-0.2, -0.15) is 4.31 Å². The molecule has 1 saturated carbocycles. The highest BCUT2D eigenvalue weighted by Crippen LogP contribution is 2.39. The highest BCUT2D eigenvalue weighted by Gasteiger charge is 2.43. The Morgan fingerprint density at radius 2 is 1.71 bits per heavy atom. The van der Waals surface area contributed by atoms with Crippen molar-refractivity contribution in [3.63, 3.8) is 0 Å². The quantitative estimate of drug-likeness (QED) is 0.795. The number of hydrogen-bond donors (Lipinski definition) is 1. The number of piperazine rings is 1. The maximum absolute atomic E-state index is 12.7. The van der Waals surface area contributed by atoms with Crippen LogP contribution in [0.25, 0.3) is 0 Å². The van der Waals surface area contributed by atoms with Crippen LogP contribution < -0.4 is 5.73 Å². The summed E-state index contributed by atoms with van der Waals surface area (Å²) in [5.74, 6) is 0.322. The summed E-state index contributed by atoms with van der Waals surface area (Å²) < 4.78 is 25.6. The van der Waals surface area contributed by atoms with Gasteiger partial charge in [-0.25, -0.2) is 8.42 Å². The van der Waals surface area contributed by atoms with Crippen molar-refractivity contribution < 1.29 is 13.2 Å². The van der Waals surface area contributed by atoms with Crippen molar-refractivity contribution >= 4 is 15.9 Å². The molecular weight excluding hydrogens is 290 g/mol.